The summed E-state index contributed by atoms with van der Waals surface area (Å²) in [5.74, 6) is 0. The summed E-state index contributed by atoms with van der Waals surface area (Å²) in [5.41, 5.74) is 11.9. The molecule has 2 aromatic heterocycles. The number of benzene rings is 8. The molecule has 10 rings (SSSR count). The molecule has 0 fully saturated rings. The molecule has 0 spiro atoms. The largest absolute Gasteiger partial charge is 0.309 e. The maximum Gasteiger partial charge on any atom is 0.0702 e. The summed E-state index contributed by atoms with van der Waals surface area (Å²) in [7, 11) is 0. The molecule has 0 amide bonds. The number of pyridine rings is 1. The van der Waals surface area contributed by atoms with Crippen LogP contribution in [-0.4, -0.2) is 9.55 Å². The Morgan fingerprint density at radius 3 is 1.59 bits per heavy atom. The molecule has 8 aromatic carbocycles. The van der Waals surface area contributed by atoms with Crippen LogP contribution in [0.4, 0.5) is 0 Å². The van der Waals surface area contributed by atoms with Gasteiger partial charge in [0.2, 0.25) is 0 Å². The molecule has 0 radical (unpaired) electrons. The fourth-order valence-electron chi connectivity index (χ4n) is 7.82. The highest BCUT2D eigenvalue weighted by atomic mass is 15.0. The number of hydrogen-bond donors (Lipinski definition) is 0. The van der Waals surface area contributed by atoms with Gasteiger partial charge in [-0.1, -0.05) is 127 Å². The summed E-state index contributed by atoms with van der Waals surface area (Å²) >= 11 is 0. The maximum absolute atomic E-state index is 4.55. The fourth-order valence-corrected chi connectivity index (χ4v) is 7.82. The Morgan fingerprint density at radius 1 is 0.347 bits per heavy atom. The topological polar surface area (TPSA) is 17.8 Å². The second-order valence-electron chi connectivity index (χ2n) is 12.7. The summed E-state index contributed by atoms with van der Waals surface area (Å²) in [6, 6.07) is 63.9. The van der Waals surface area contributed by atoms with Gasteiger partial charge in [0, 0.05) is 28.0 Å². The maximum atomic E-state index is 4.55. The minimum absolute atomic E-state index is 1.01. The monoisotopic (exact) mass is 622 g/mol. The second kappa shape index (κ2) is 11.0. The Bertz CT molecular complexity index is 2810. The average molecular weight is 623 g/mol. The third kappa shape index (κ3) is 4.38. The molecule has 0 aliphatic rings. The van der Waals surface area contributed by atoms with Crippen molar-refractivity contribution in [1.29, 1.82) is 0 Å². The lowest BCUT2D eigenvalue weighted by Gasteiger charge is -2.19. The predicted octanol–water partition coefficient (Wildman–Crippen LogP) is 12.6. The zero-order valence-electron chi connectivity index (χ0n) is 26.7. The van der Waals surface area contributed by atoms with Crippen molar-refractivity contribution >= 4 is 54.3 Å². The number of hydrogen-bond acceptors (Lipinski definition) is 1. The third-order valence-electron chi connectivity index (χ3n) is 10.0. The van der Waals surface area contributed by atoms with E-state index < -0.39 is 0 Å². The molecule has 0 atom stereocenters. The summed E-state index contributed by atoms with van der Waals surface area (Å²) < 4.78 is 2.38. The van der Waals surface area contributed by atoms with Crippen molar-refractivity contribution in [2.75, 3.05) is 0 Å². The molecule has 0 aliphatic heterocycles. The molecule has 0 saturated carbocycles. The minimum atomic E-state index is 1.01. The molecular weight excluding hydrogens is 593 g/mol. The predicted molar refractivity (Wildman–Crippen MR) is 207 cm³/mol. The molecule has 0 N–H and O–H groups in total. The Balaban J connectivity index is 1.22. The Kier molecular flexibility index (Phi) is 6.22. The van der Waals surface area contributed by atoms with E-state index in [0.29, 0.717) is 0 Å². The van der Waals surface area contributed by atoms with Crippen LogP contribution in [0.2, 0.25) is 0 Å². The number of aromatic nitrogens is 2. The van der Waals surface area contributed by atoms with E-state index in [1.807, 2.05) is 12.3 Å². The van der Waals surface area contributed by atoms with Crippen LogP contribution in [0, 0.1) is 0 Å². The van der Waals surface area contributed by atoms with E-state index in [1.54, 1.807) is 0 Å². The van der Waals surface area contributed by atoms with E-state index in [-0.39, 0.29) is 0 Å². The smallest absolute Gasteiger partial charge is 0.0702 e. The zero-order chi connectivity index (χ0) is 32.3. The lowest BCUT2D eigenvalue weighted by Crippen LogP contribution is -1.95. The van der Waals surface area contributed by atoms with E-state index in [4.69, 9.17) is 0 Å². The Morgan fingerprint density at radius 2 is 0.878 bits per heavy atom. The Hall–Kier alpha value is -6.51. The summed E-state index contributed by atoms with van der Waals surface area (Å²) in [6.45, 7) is 0. The van der Waals surface area contributed by atoms with Gasteiger partial charge >= 0.3 is 0 Å². The van der Waals surface area contributed by atoms with Crippen LogP contribution in [0.15, 0.2) is 182 Å². The van der Waals surface area contributed by atoms with E-state index in [0.717, 1.165) is 16.6 Å². The number of para-hydroxylation sites is 2. The van der Waals surface area contributed by atoms with Crippen molar-refractivity contribution in [3.63, 3.8) is 0 Å². The summed E-state index contributed by atoms with van der Waals surface area (Å²) in [5, 5.41) is 8.68. The zero-order valence-corrected chi connectivity index (χ0v) is 26.7. The standard InChI is InChI=1S/C47H30N2/c1-2-11-31(12-3-1)47-40-17-5-4-16-39(40)46(41-26-22-34(30-42(41)47)33-23-27-43-35(29-33)13-10-28-48-43)32-20-24-36(25-21-32)49-44-18-8-6-14-37(44)38-15-7-9-19-45(38)49/h1-30H. The van der Waals surface area contributed by atoms with Gasteiger partial charge in [-0.3, -0.25) is 4.98 Å². The summed E-state index contributed by atoms with van der Waals surface area (Å²) in [4.78, 5) is 4.55. The van der Waals surface area contributed by atoms with Crippen molar-refractivity contribution in [3.8, 4) is 39.1 Å². The van der Waals surface area contributed by atoms with Gasteiger partial charge in [-0.15, -0.1) is 0 Å². The third-order valence-corrected chi connectivity index (χ3v) is 10.0. The molecule has 0 bridgehead atoms. The molecule has 10 aromatic rings. The van der Waals surface area contributed by atoms with Crippen LogP contribution in [-0.2, 0) is 0 Å². The molecular formula is C47H30N2. The number of fused-ring (bicyclic) bond motifs is 6. The van der Waals surface area contributed by atoms with Crippen LogP contribution in [0.5, 0.6) is 0 Å². The first kappa shape index (κ1) is 27.6. The van der Waals surface area contributed by atoms with Gasteiger partial charge in [-0.05, 0) is 103 Å². The van der Waals surface area contributed by atoms with Crippen LogP contribution >= 0.6 is 0 Å². The first-order chi connectivity index (χ1) is 24.3. The quantitative estimate of drug-likeness (QED) is 0.179. The molecule has 228 valence electrons. The molecule has 2 nitrogen and oxygen atoms in total. The van der Waals surface area contributed by atoms with Crippen LogP contribution in [0.25, 0.3) is 93.3 Å². The highest BCUT2D eigenvalue weighted by Gasteiger charge is 2.18. The van der Waals surface area contributed by atoms with Crippen molar-refractivity contribution < 1.29 is 0 Å². The molecule has 2 heteroatoms. The van der Waals surface area contributed by atoms with Gasteiger partial charge in [-0.2, -0.15) is 0 Å². The second-order valence-corrected chi connectivity index (χ2v) is 12.7. The van der Waals surface area contributed by atoms with Crippen molar-refractivity contribution in [2.24, 2.45) is 0 Å². The van der Waals surface area contributed by atoms with Gasteiger partial charge < -0.3 is 4.57 Å². The molecule has 0 aliphatic carbocycles. The van der Waals surface area contributed by atoms with Gasteiger partial charge in [-0.25, -0.2) is 0 Å². The normalized spacial score (nSPS) is 11.7. The minimum Gasteiger partial charge on any atom is -0.309 e. The van der Waals surface area contributed by atoms with Crippen molar-refractivity contribution in [1.82, 2.24) is 9.55 Å². The molecule has 0 saturated heterocycles. The molecule has 49 heavy (non-hydrogen) atoms. The lowest BCUT2D eigenvalue weighted by molar-refractivity contribution is 1.18. The fraction of sp³-hybridized carbons (Fsp3) is 0. The van der Waals surface area contributed by atoms with Gasteiger partial charge in [0.25, 0.3) is 0 Å². The number of rotatable bonds is 4. The van der Waals surface area contributed by atoms with E-state index in [2.05, 4.69) is 179 Å². The van der Waals surface area contributed by atoms with E-state index in [9.17, 15) is 0 Å². The molecule has 0 unspecified atom stereocenters. The first-order valence-corrected chi connectivity index (χ1v) is 16.8. The summed E-state index contributed by atoms with van der Waals surface area (Å²) in [6.07, 6.45) is 1.85. The van der Waals surface area contributed by atoms with Gasteiger partial charge in [0.1, 0.15) is 0 Å². The highest BCUT2D eigenvalue weighted by Crippen LogP contribution is 2.45. The average Bonchev–Trinajstić information content (AvgIpc) is 3.51. The van der Waals surface area contributed by atoms with E-state index >= 15 is 0 Å². The highest BCUT2D eigenvalue weighted by molar-refractivity contribution is 6.22. The molecule has 2 heterocycles. The van der Waals surface area contributed by atoms with Gasteiger partial charge in [0.05, 0.1) is 16.6 Å². The Labute approximate surface area is 284 Å². The van der Waals surface area contributed by atoms with Crippen molar-refractivity contribution in [2.45, 2.75) is 0 Å². The SMILES string of the molecule is c1ccc(-c2c3ccccc3c(-c3ccc(-n4c5ccccc5c5ccccc54)cc3)c3ccc(-c4ccc5ncccc5c4)cc23)cc1. The van der Waals surface area contributed by atoms with Crippen LogP contribution in [0.1, 0.15) is 0 Å². The lowest BCUT2D eigenvalue weighted by atomic mass is 9.85. The van der Waals surface area contributed by atoms with Crippen molar-refractivity contribution in [3.05, 3.63) is 182 Å². The van der Waals surface area contributed by atoms with Gasteiger partial charge in [0.15, 0.2) is 0 Å². The van der Waals surface area contributed by atoms with Crippen LogP contribution < -0.4 is 0 Å². The first-order valence-electron chi connectivity index (χ1n) is 16.8. The van der Waals surface area contributed by atoms with Crippen LogP contribution in [0.3, 0.4) is 0 Å². The van der Waals surface area contributed by atoms with E-state index in [1.165, 1.54) is 76.7 Å². The number of nitrogens with zero attached hydrogens (tertiary/aromatic N) is 2.